The van der Waals surface area contributed by atoms with E-state index in [2.05, 4.69) is 9.62 Å². The van der Waals surface area contributed by atoms with Crippen LogP contribution in [0.1, 0.15) is 12.8 Å². The Morgan fingerprint density at radius 1 is 1.33 bits per heavy atom. The number of hydrogen-bond donors (Lipinski definition) is 1. The standard InChI is InChI=1S/C7H12N2O2S.2O.Pt/c10-12(11)6-5-9-4-2-1-3-7(9)8-12;;;/h3,8H,1-2,4-6H2;;;. The van der Waals surface area contributed by atoms with Crippen molar-refractivity contribution < 1.29 is 33.7 Å². The zero-order valence-electron chi connectivity index (χ0n) is 7.92. The van der Waals surface area contributed by atoms with Crippen molar-refractivity contribution in [2.75, 3.05) is 18.8 Å². The summed E-state index contributed by atoms with van der Waals surface area (Å²) in [7, 11) is -3.01. The molecule has 1 N–H and O–H groups in total. The SMILES string of the molecule is O=S1(=O)CCN2CCCC=C2N1.[O]=[Pt]=[O]. The Morgan fingerprint density at radius 3 is 2.67 bits per heavy atom. The molecule has 0 spiro atoms. The number of nitrogens with zero attached hydrogens (tertiary/aromatic N) is 1. The van der Waals surface area contributed by atoms with Gasteiger partial charge in [0.05, 0.1) is 5.75 Å². The summed E-state index contributed by atoms with van der Waals surface area (Å²) >= 11 is -1.92. The number of rotatable bonds is 0. The van der Waals surface area contributed by atoms with E-state index in [0.717, 1.165) is 25.2 Å². The molecular formula is C7H12N2O4PtS. The van der Waals surface area contributed by atoms with Crippen LogP contribution in [0.2, 0.25) is 0 Å². The fourth-order valence-corrected chi connectivity index (χ4v) is 2.64. The molecule has 0 aromatic rings. The topological polar surface area (TPSA) is 83.6 Å². The Balaban J connectivity index is 0.000000337. The van der Waals surface area contributed by atoms with E-state index < -0.39 is 28.5 Å². The van der Waals surface area contributed by atoms with E-state index in [1.54, 1.807) is 0 Å². The van der Waals surface area contributed by atoms with Crippen LogP contribution in [0.25, 0.3) is 0 Å². The molecule has 0 radical (unpaired) electrons. The monoisotopic (exact) mass is 415 g/mol. The summed E-state index contributed by atoms with van der Waals surface area (Å²) in [6, 6.07) is 0. The molecule has 2 aliphatic rings. The normalized spacial score (nSPS) is 22.9. The van der Waals surface area contributed by atoms with Gasteiger partial charge in [0.2, 0.25) is 10.0 Å². The van der Waals surface area contributed by atoms with Gasteiger partial charge in [-0.15, -0.1) is 0 Å². The summed E-state index contributed by atoms with van der Waals surface area (Å²) in [5.41, 5.74) is 0. The first-order chi connectivity index (χ1) is 7.09. The molecule has 2 aliphatic heterocycles. The number of allylic oxidation sites excluding steroid dienone is 1. The van der Waals surface area contributed by atoms with E-state index in [0.29, 0.717) is 6.54 Å². The molecule has 0 amide bonds. The maximum absolute atomic E-state index is 11.1. The van der Waals surface area contributed by atoms with Gasteiger partial charge < -0.3 is 4.90 Å². The molecule has 8 heteroatoms. The molecule has 0 saturated carbocycles. The van der Waals surface area contributed by atoms with Crippen molar-refractivity contribution in [2.24, 2.45) is 0 Å². The van der Waals surface area contributed by atoms with Gasteiger partial charge in [0.25, 0.3) is 0 Å². The molecule has 6 nitrogen and oxygen atoms in total. The van der Waals surface area contributed by atoms with Crippen LogP contribution < -0.4 is 4.72 Å². The number of hydrogen-bond acceptors (Lipinski definition) is 5. The molecule has 0 atom stereocenters. The van der Waals surface area contributed by atoms with Crippen molar-refractivity contribution in [3.63, 3.8) is 0 Å². The summed E-state index contributed by atoms with van der Waals surface area (Å²) < 4.78 is 41.8. The van der Waals surface area contributed by atoms with Crippen LogP contribution in [0, 0.1) is 0 Å². The van der Waals surface area contributed by atoms with E-state index in [1.807, 2.05) is 6.08 Å². The van der Waals surface area contributed by atoms with Gasteiger partial charge in [-0.05, 0) is 18.9 Å². The van der Waals surface area contributed by atoms with Crippen molar-refractivity contribution in [3.05, 3.63) is 11.9 Å². The van der Waals surface area contributed by atoms with Crippen molar-refractivity contribution in [1.82, 2.24) is 9.62 Å². The summed E-state index contributed by atoms with van der Waals surface area (Å²) in [6.45, 7) is 1.62. The summed E-state index contributed by atoms with van der Waals surface area (Å²) in [5.74, 6) is 1.01. The second kappa shape index (κ2) is 5.60. The fraction of sp³-hybridized carbons (Fsp3) is 0.714. The Bertz CT molecular complexity index is 386. The molecule has 2 heterocycles. The third kappa shape index (κ3) is 3.91. The van der Waals surface area contributed by atoms with Crippen LogP contribution in [-0.2, 0) is 35.3 Å². The molecule has 2 rings (SSSR count). The molecule has 0 aliphatic carbocycles. The van der Waals surface area contributed by atoms with Crippen molar-refractivity contribution in [1.29, 1.82) is 0 Å². The molecule has 1 fully saturated rings. The summed E-state index contributed by atoms with van der Waals surface area (Å²) in [4.78, 5) is 2.09. The van der Waals surface area contributed by atoms with Crippen LogP contribution in [-0.4, -0.2) is 32.2 Å². The second-order valence-electron chi connectivity index (χ2n) is 3.19. The van der Waals surface area contributed by atoms with Crippen LogP contribution in [0.15, 0.2) is 11.9 Å². The van der Waals surface area contributed by atoms with E-state index in [1.165, 1.54) is 0 Å². The van der Waals surface area contributed by atoms with Gasteiger partial charge in [-0.1, -0.05) is 0 Å². The predicted octanol–water partition coefficient (Wildman–Crippen LogP) is -0.383. The van der Waals surface area contributed by atoms with Crippen LogP contribution in [0.4, 0.5) is 0 Å². The van der Waals surface area contributed by atoms with Gasteiger partial charge in [-0.3, -0.25) is 4.72 Å². The van der Waals surface area contributed by atoms with E-state index in [9.17, 15) is 8.42 Å². The fourth-order valence-electron chi connectivity index (χ4n) is 1.55. The number of nitrogens with one attached hydrogen (secondary N) is 1. The maximum atomic E-state index is 11.1. The van der Waals surface area contributed by atoms with E-state index in [-0.39, 0.29) is 5.75 Å². The third-order valence-corrected chi connectivity index (χ3v) is 3.44. The van der Waals surface area contributed by atoms with Crippen molar-refractivity contribution in [2.45, 2.75) is 12.8 Å². The van der Waals surface area contributed by atoms with Crippen molar-refractivity contribution in [3.8, 4) is 0 Å². The molecule has 0 aromatic heterocycles. The number of sulfonamides is 1. The summed E-state index contributed by atoms with van der Waals surface area (Å²) in [5, 5.41) is 0. The Hall–Kier alpha value is -0.422. The Kier molecular flexibility index (Phi) is 4.73. The first-order valence-electron chi connectivity index (χ1n) is 4.39. The van der Waals surface area contributed by atoms with E-state index in [4.69, 9.17) is 6.80 Å². The predicted molar refractivity (Wildman–Crippen MR) is 47.2 cm³/mol. The van der Waals surface area contributed by atoms with Gasteiger partial charge in [0, 0.05) is 13.1 Å². The zero-order chi connectivity index (χ0) is 11.3. The van der Waals surface area contributed by atoms with Gasteiger partial charge in [0.15, 0.2) is 0 Å². The Morgan fingerprint density at radius 2 is 2.00 bits per heavy atom. The van der Waals surface area contributed by atoms with Crippen LogP contribution in [0.5, 0.6) is 0 Å². The number of fused-ring (bicyclic) bond motifs is 1. The first kappa shape index (κ1) is 12.6. The third-order valence-electron chi connectivity index (χ3n) is 2.20. The molecule has 15 heavy (non-hydrogen) atoms. The molecule has 0 aromatic carbocycles. The molecule has 0 bridgehead atoms. The quantitative estimate of drug-likeness (QED) is 0.583. The van der Waals surface area contributed by atoms with Gasteiger partial charge in [0.1, 0.15) is 5.82 Å². The molecular weight excluding hydrogens is 403 g/mol. The molecule has 1 saturated heterocycles. The first-order valence-corrected chi connectivity index (χ1v) is 7.89. The van der Waals surface area contributed by atoms with Crippen molar-refractivity contribution >= 4 is 10.0 Å². The Labute approximate surface area is 96.9 Å². The minimum atomic E-state index is -3.01. The van der Waals surface area contributed by atoms with Gasteiger partial charge in [-0.2, -0.15) is 0 Å². The average molecular weight is 415 g/mol. The minimum absolute atomic E-state index is 0.227. The second-order valence-corrected chi connectivity index (χ2v) is 5.41. The zero-order valence-corrected chi connectivity index (χ0v) is 11.0. The van der Waals surface area contributed by atoms with Gasteiger partial charge in [-0.25, -0.2) is 8.42 Å². The van der Waals surface area contributed by atoms with Crippen LogP contribution >= 0.6 is 0 Å². The summed E-state index contributed by atoms with van der Waals surface area (Å²) in [6.07, 6.45) is 4.07. The average Bonchev–Trinajstić information content (AvgIpc) is 2.17. The molecule has 90 valence electrons. The van der Waals surface area contributed by atoms with E-state index >= 15 is 0 Å². The van der Waals surface area contributed by atoms with Gasteiger partial charge >= 0.3 is 25.3 Å². The van der Waals surface area contributed by atoms with Crippen LogP contribution in [0.3, 0.4) is 0 Å². The molecule has 0 unspecified atom stereocenters.